The highest BCUT2D eigenvalue weighted by atomic mass is 16.5. The van der Waals surface area contributed by atoms with Crippen molar-refractivity contribution in [3.63, 3.8) is 0 Å². The zero-order valence-corrected chi connectivity index (χ0v) is 14.2. The SMILES string of the molecule is COCCCN(CCOC)C(C)CC(C)(CO)NC1CC1. The quantitative estimate of drug-likeness (QED) is 0.502. The first kappa shape index (κ1) is 18.8. The van der Waals surface area contributed by atoms with Crippen molar-refractivity contribution < 1.29 is 14.6 Å². The Labute approximate surface area is 130 Å². The molecule has 5 heteroatoms. The number of hydrogen-bond donors (Lipinski definition) is 2. The van der Waals surface area contributed by atoms with Crippen molar-refractivity contribution in [2.75, 3.05) is 47.1 Å². The van der Waals surface area contributed by atoms with Crippen LogP contribution in [0.4, 0.5) is 0 Å². The van der Waals surface area contributed by atoms with E-state index < -0.39 is 0 Å². The van der Waals surface area contributed by atoms with Gasteiger partial charge in [0.1, 0.15) is 0 Å². The van der Waals surface area contributed by atoms with Crippen molar-refractivity contribution in [3.8, 4) is 0 Å². The maximum absolute atomic E-state index is 9.76. The number of nitrogens with zero attached hydrogens (tertiary/aromatic N) is 1. The second kappa shape index (κ2) is 9.74. The zero-order valence-electron chi connectivity index (χ0n) is 14.2. The summed E-state index contributed by atoms with van der Waals surface area (Å²) < 4.78 is 10.4. The maximum atomic E-state index is 9.76. The summed E-state index contributed by atoms with van der Waals surface area (Å²) in [5, 5.41) is 13.4. The molecule has 1 aliphatic rings. The normalized spacial score (nSPS) is 19.7. The van der Waals surface area contributed by atoms with E-state index in [4.69, 9.17) is 9.47 Å². The van der Waals surface area contributed by atoms with Gasteiger partial charge in [-0.2, -0.15) is 0 Å². The fraction of sp³-hybridized carbons (Fsp3) is 1.00. The smallest absolute Gasteiger partial charge is 0.0611 e. The van der Waals surface area contributed by atoms with E-state index in [9.17, 15) is 5.11 Å². The minimum absolute atomic E-state index is 0.185. The summed E-state index contributed by atoms with van der Waals surface area (Å²) in [6, 6.07) is 1.01. The first-order valence-electron chi connectivity index (χ1n) is 8.15. The molecule has 1 saturated carbocycles. The van der Waals surface area contributed by atoms with E-state index >= 15 is 0 Å². The number of nitrogens with one attached hydrogen (secondary N) is 1. The highest BCUT2D eigenvalue weighted by Gasteiger charge is 2.34. The van der Waals surface area contributed by atoms with Crippen molar-refractivity contribution in [2.24, 2.45) is 0 Å². The Balaban J connectivity index is 2.48. The highest BCUT2D eigenvalue weighted by Crippen LogP contribution is 2.25. The van der Waals surface area contributed by atoms with Gasteiger partial charge in [0.25, 0.3) is 0 Å². The Hall–Kier alpha value is -0.200. The summed E-state index contributed by atoms with van der Waals surface area (Å²) in [6.07, 6.45) is 4.45. The number of ether oxygens (including phenoxy) is 2. The molecule has 2 unspecified atom stereocenters. The van der Waals surface area contributed by atoms with E-state index in [0.29, 0.717) is 12.1 Å². The Morgan fingerprint density at radius 1 is 1.24 bits per heavy atom. The van der Waals surface area contributed by atoms with E-state index in [1.807, 2.05) is 0 Å². The van der Waals surface area contributed by atoms with Crippen molar-refractivity contribution in [3.05, 3.63) is 0 Å². The van der Waals surface area contributed by atoms with Crippen LogP contribution in [0.2, 0.25) is 0 Å². The van der Waals surface area contributed by atoms with Crippen LogP contribution in [0.3, 0.4) is 0 Å². The summed E-state index contributed by atoms with van der Waals surface area (Å²) in [6.45, 7) is 8.01. The number of aliphatic hydroxyl groups is 1. The van der Waals surface area contributed by atoms with Gasteiger partial charge >= 0.3 is 0 Å². The molecule has 0 aromatic carbocycles. The second-order valence-corrected chi connectivity index (χ2v) is 6.57. The average Bonchev–Trinajstić information content (AvgIpc) is 3.26. The molecule has 0 aromatic rings. The van der Waals surface area contributed by atoms with E-state index in [2.05, 4.69) is 24.1 Å². The first-order chi connectivity index (χ1) is 10.0. The maximum Gasteiger partial charge on any atom is 0.0611 e. The predicted octanol–water partition coefficient (Wildman–Crippen LogP) is 1.25. The Morgan fingerprint density at radius 3 is 2.43 bits per heavy atom. The number of rotatable bonds is 13. The van der Waals surface area contributed by atoms with E-state index in [1.54, 1.807) is 14.2 Å². The van der Waals surface area contributed by atoms with Gasteiger partial charge in [0.2, 0.25) is 0 Å². The van der Waals surface area contributed by atoms with Gasteiger partial charge in [-0.3, -0.25) is 4.90 Å². The average molecular weight is 302 g/mol. The third kappa shape index (κ3) is 7.56. The summed E-state index contributed by atoms with van der Waals surface area (Å²) in [5.41, 5.74) is -0.187. The zero-order chi connectivity index (χ0) is 15.7. The molecule has 21 heavy (non-hydrogen) atoms. The van der Waals surface area contributed by atoms with Crippen molar-refractivity contribution >= 4 is 0 Å². The monoisotopic (exact) mass is 302 g/mol. The van der Waals surface area contributed by atoms with Crippen LogP contribution in [0.15, 0.2) is 0 Å². The molecule has 0 aliphatic heterocycles. The van der Waals surface area contributed by atoms with Crippen LogP contribution in [-0.2, 0) is 9.47 Å². The Morgan fingerprint density at radius 2 is 1.90 bits per heavy atom. The van der Waals surface area contributed by atoms with Gasteiger partial charge in [0.15, 0.2) is 0 Å². The first-order valence-corrected chi connectivity index (χ1v) is 8.15. The van der Waals surface area contributed by atoms with Crippen LogP contribution in [0.1, 0.15) is 39.5 Å². The van der Waals surface area contributed by atoms with Gasteiger partial charge in [-0.05, 0) is 39.5 Å². The van der Waals surface area contributed by atoms with Crippen LogP contribution in [0, 0.1) is 0 Å². The molecule has 0 heterocycles. The second-order valence-electron chi connectivity index (χ2n) is 6.57. The molecule has 5 nitrogen and oxygen atoms in total. The summed E-state index contributed by atoms with van der Waals surface area (Å²) in [5.74, 6) is 0. The molecule has 0 bridgehead atoms. The lowest BCUT2D eigenvalue weighted by atomic mass is 9.93. The molecule has 0 saturated heterocycles. The van der Waals surface area contributed by atoms with Crippen LogP contribution in [0.5, 0.6) is 0 Å². The fourth-order valence-corrected chi connectivity index (χ4v) is 2.84. The van der Waals surface area contributed by atoms with E-state index in [0.717, 1.165) is 39.1 Å². The molecule has 0 radical (unpaired) electrons. The van der Waals surface area contributed by atoms with Gasteiger partial charge in [0, 0.05) is 51.5 Å². The molecule has 0 amide bonds. The number of methoxy groups -OCH3 is 2. The minimum Gasteiger partial charge on any atom is -0.394 e. The fourth-order valence-electron chi connectivity index (χ4n) is 2.84. The molecule has 1 aliphatic carbocycles. The molecule has 2 N–H and O–H groups in total. The van der Waals surface area contributed by atoms with E-state index in [1.165, 1.54) is 12.8 Å². The lowest BCUT2D eigenvalue weighted by Crippen LogP contribution is -2.52. The van der Waals surface area contributed by atoms with Gasteiger partial charge in [-0.25, -0.2) is 0 Å². The molecule has 1 rings (SSSR count). The summed E-state index contributed by atoms with van der Waals surface area (Å²) in [7, 11) is 3.48. The molecule has 1 fully saturated rings. The van der Waals surface area contributed by atoms with Crippen LogP contribution < -0.4 is 5.32 Å². The molecule has 0 spiro atoms. The van der Waals surface area contributed by atoms with Gasteiger partial charge in [0.05, 0.1) is 13.2 Å². The predicted molar refractivity (Wildman–Crippen MR) is 85.7 cm³/mol. The Kier molecular flexibility index (Phi) is 8.74. The molecular formula is C16H34N2O3. The third-order valence-electron chi connectivity index (χ3n) is 4.22. The van der Waals surface area contributed by atoms with Crippen molar-refractivity contribution in [2.45, 2.75) is 57.2 Å². The summed E-state index contributed by atoms with van der Waals surface area (Å²) >= 11 is 0. The van der Waals surface area contributed by atoms with Crippen molar-refractivity contribution in [1.29, 1.82) is 0 Å². The largest absolute Gasteiger partial charge is 0.394 e. The molecule has 0 aromatic heterocycles. The lowest BCUT2D eigenvalue weighted by molar-refractivity contribution is 0.0811. The van der Waals surface area contributed by atoms with Crippen LogP contribution >= 0.6 is 0 Å². The highest BCUT2D eigenvalue weighted by molar-refractivity contribution is 4.94. The van der Waals surface area contributed by atoms with Crippen LogP contribution in [-0.4, -0.2) is 74.8 Å². The van der Waals surface area contributed by atoms with Gasteiger partial charge < -0.3 is 19.9 Å². The number of aliphatic hydroxyl groups excluding tert-OH is 1. The summed E-state index contributed by atoms with van der Waals surface area (Å²) in [4.78, 5) is 2.44. The van der Waals surface area contributed by atoms with Gasteiger partial charge in [-0.1, -0.05) is 0 Å². The van der Waals surface area contributed by atoms with Gasteiger partial charge in [-0.15, -0.1) is 0 Å². The molecule has 126 valence electrons. The van der Waals surface area contributed by atoms with E-state index in [-0.39, 0.29) is 12.1 Å². The standard InChI is InChI=1S/C16H34N2O3/c1-14(12-16(2,13-19)17-15-6-7-15)18(9-11-21-4)8-5-10-20-3/h14-15,17,19H,5-13H2,1-4H3. The van der Waals surface area contributed by atoms with Crippen molar-refractivity contribution in [1.82, 2.24) is 10.2 Å². The Bertz CT molecular complexity index is 274. The molecular weight excluding hydrogens is 268 g/mol. The third-order valence-corrected chi connectivity index (χ3v) is 4.22. The van der Waals surface area contributed by atoms with Crippen LogP contribution in [0.25, 0.3) is 0 Å². The molecule has 2 atom stereocenters. The number of hydrogen-bond acceptors (Lipinski definition) is 5. The lowest BCUT2D eigenvalue weighted by Gasteiger charge is -2.37. The topological polar surface area (TPSA) is 54.0 Å². The minimum atomic E-state index is -0.187.